The smallest absolute Gasteiger partial charge is 0.158 e. The van der Waals surface area contributed by atoms with Crippen LogP contribution in [-0.4, -0.2) is 22.0 Å². The van der Waals surface area contributed by atoms with Gasteiger partial charge in [0.25, 0.3) is 0 Å². The van der Waals surface area contributed by atoms with Gasteiger partial charge in [-0.2, -0.15) is 0 Å². The largest absolute Gasteiger partial charge is 0.392 e. The van der Waals surface area contributed by atoms with Crippen LogP contribution in [-0.2, 0) is 4.79 Å². The molecule has 4 heteroatoms. The fourth-order valence-corrected chi connectivity index (χ4v) is 9.13. The standard InChI is InChI=1S/C28H33NO2S/c1-27-13-12-22-20(9-8-18-14-19(30)15-25(31)28(18,22)2)21(27)10-11-23(27)24-16-32-26(29-24)17-6-4-3-5-7-17/h3-7,14,16,20-23,25,31H,8-13,15H2,1-2H3. The molecule has 0 aliphatic heterocycles. The van der Waals surface area contributed by atoms with Gasteiger partial charge in [0.05, 0.1) is 11.8 Å². The second-order valence-electron chi connectivity index (χ2n) is 11.2. The van der Waals surface area contributed by atoms with Crippen LogP contribution in [0.15, 0.2) is 47.4 Å². The summed E-state index contributed by atoms with van der Waals surface area (Å²) >= 11 is 1.78. The minimum absolute atomic E-state index is 0.114. The number of carbonyl (C=O) groups excluding carboxylic acids is 1. The Kier molecular flexibility index (Phi) is 4.79. The number of fused-ring (bicyclic) bond motifs is 5. The lowest BCUT2D eigenvalue weighted by molar-refractivity contribution is -0.126. The Morgan fingerprint density at radius 3 is 2.69 bits per heavy atom. The van der Waals surface area contributed by atoms with E-state index in [1.807, 2.05) is 6.08 Å². The van der Waals surface area contributed by atoms with Crippen molar-refractivity contribution in [2.24, 2.45) is 28.6 Å². The van der Waals surface area contributed by atoms with Crippen molar-refractivity contribution in [1.82, 2.24) is 4.98 Å². The molecule has 0 radical (unpaired) electrons. The van der Waals surface area contributed by atoms with Crippen molar-refractivity contribution in [3.8, 4) is 10.6 Å². The van der Waals surface area contributed by atoms with E-state index in [9.17, 15) is 9.90 Å². The number of hydrogen-bond donors (Lipinski definition) is 1. The van der Waals surface area contributed by atoms with Crippen LogP contribution in [0.4, 0.5) is 0 Å². The molecule has 0 saturated heterocycles. The zero-order valence-corrected chi connectivity index (χ0v) is 19.9. The van der Waals surface area contributed by atoms with Gasteiger partial charge in [-0.05, 0) is 67.8 Å². The zero-order valence-electron chi connectivity index (χ0n) is 19.1. The van der Waals surface area contributed by atoms with Gasteiger partial charge in [0.15, 0.2) is 5.78 Å². The van der Waals surface area contributed by atoms with Crippen LogP contribution in [0.1, 0.15) is 70.4 Å². The SMILES string of the molecule is CC12CCC3C(CCC4=CC(=O)CC(O)C43C)C1CCC2c1csc(-c2ccccc2)n1. The lowest BCUT2D eigenvalue weighted by atomic mass is 9.46. The van der Waals surface area contributed by atoms with Gasteiger partial charge in [0.1, 0.15) is 5.01 Å². The van der Waals surface area contributed by atoms with Gasteiger partial charge in [-0.15, -0.1) is 11.3 Å². The van der Waals surface area contributed by atoms with E-state index in [0.29, 0.717) is 30.1 Å². The number of aliphatic hydroxyl groups is 1. The van der Waals surface area contributed by atoms with Crippen LogP contribution in [0.3, 0.4) is 0 Å². The highest BCUT2D eigenvalue weighted by atomic mass is 32.1. The average molecular weight is 448 g/mol. The molecule has 7 atom stereocenters. The van der Waals surface area contributed by atoms with E-state index in [-0.39, 0.29) is 16.6 Å². The van der Waals surface area contributed by atoms with Gasteiger partial charge in [-0.25, -0.2) is 4.98 Å². The minimum atomic E-state index is -0.517. The number of carbonyl (C=O) groups is 1. The van der Waals surface area contributed by atoms with E-state index in [1.165, 1.54) is 42.5 Å². The number of hydrogen-bond acceptors (Lipinski definition) is 4. The van der Waals surface area contributed by atoms with Gasteiger partial charge in [-0.3, -0.25) is 4.79 Å². The summed E-state index contributed by atoms with van der Waals surface area (Å²) in [5.74, 6) is 2.48. The maximum Gasteiger partial charge on any atom is 0.158 e. The summed E-state index contributed by atoms with van der Waals surface area (Å²) in [6.07, 6.45) is 8.67. The van der Waals surface area contributed by atoms with E-state index >= 15 is 0 Å². The van der Waals surface area contributed by atoms with Crippen LogP contribution < -0.4 is 0 Å². The highest BCUT2D eigenvalue weighted by Crippen LogP contribution is 2.68. The van der Waals surface area contributed by atoms with Crippen molar-refractivity contribution in [1.29, 1.82) is 0 Å². The molecule has 0 spiro atoms. The number of nitrogens with zero attached hydrogens (tertiary/aromatic N) is 1. The normalized spacial score (nSPS) is 40.9. The lowest BCUT2D eigenvalue weighted by Gasteiger charge is -2.59. The van der Waals surface area contributed by atoms with Gasteiger partial charge in [0.2, 0.25) is 0 Å². The monoisotopic (exact) mass is 447 g/mol. The Bertz CT molecular complexity index is 1070. The topological polar surface area (TPSA) is 50.2 Å². The molecule has 32 heavy (non-hydrogen) atoms. The predicted molar refractivity (Wildman–Crippen MR) is 128 cm³/mol. The molecule has 1 N–H and O–H groups in total. The number of rotatable bonds is 2. The van der Waals surface area contributed by atoms with Crippen molar-refractivity contribution >= 4 is 17.1 Å². The molecule has 3 saturated carbocycles. The summed E-state index contributed by atoms with van der Waals surface area (Å²) in [6.45, 7) is 4.79. The second kappa shape index (κ2) is 7.36. The van der Waals surface area contributed by atoms with E-state index in [4.69, 9.17) is 4.98 Å². The molecule has 1 heterocycles. The summed E-state index contributed by atoms with van der Waals surface area (Å²) < 4.78 is 0. The van der Waals surface area contributed by atoms with Crippen LogP contribution in [0.2, 0.25) is 0 Å². The third-order valence-electron chi connectivity index (χ3n) is 9.97. The summed E-state index contributed by atoms with van der Waals surface area (Å²) in [6, 6.07) is 10.5. The average Bonchev–Trinajstić information content (AvgIpc) is 3.39. The summed E-state index contributed by atoms with van der Waals surface area (Å²) in [5, 5.41) is 14.5. The Morgan fingerprint density at radius 2 is 1.88 bits per heavy atom. The molecule has 0 bridgehead atoms. The van der Waals surface area contributed by atoms with Crippen LogP contribution in [0.5, 0.6) is 0 Å². The fourth-order valence-electron chi connectivity index (χ4n) is 8.25. The molecular weight excluding hydrogens is 414 g/mol. The van der Waals surface area contributed by atoms with Gasteiger partial charge in [-0.1, -0.05) is 49.8 Å². The van der Waals surface area contributed by atoms with Gasteiger partial charge in [0, 0.05) is 28.7 Å². The molecule has 6 rings (SSSR count). The zero-order chi connectivity index (χ0) is 22.1. The highest BCUT2D eigenvalue weighted by Gasteiger charge is 2.61. The number of aliphatic hydroxyl groups excluding tert-OH is 1. The molecule has 1 aromatic heterocycles. The maximum atomic E-state index is 12.1. The first-order valence-corrected chi connectivity index (χ1v) is 13.2. The molecule has 3 nitrogen and oxygen atoms in total. The van der Waals surface area contributed by atoms with Crippen molar-refractivity contribution in [3.63, 3.8) is 0 Å². The molecular formula is C28H33NO2S. The first-order valence-electron chi connectivity index (χ1n) is 12.3. The minimum Gasteiger partial charge on any atom is -0.392 e. The van der Waals surface area contributed by atoms with E-state index in [1.54, 1.807) is 11.3 Å². The number of ketones is 1. The maximum absolute atomic E-state index is 12.1. The molecule has 1 aromatic carbocycles. The van der Waals surface area contributed by atoms with Crippen LogP contribution in [0.25, 0.3) is 10.6 Å². The third kappa shape index (κ3) is 2.88. The number of aromatic nitrogens is 1. The summed E-state index contributed by atoms with van der Waals surface area (Å²) in [4.78, 5) is 17.3. The van der Waals surface area contributed by atoms with Crippen LogP contribution >= 0.6 is 11.3 Å². The quantitative estimate of drug-likeness (QED) is 0.580. The highest BCUT2D eigenvalue weighted by molar-refractivity contribution is 7.13. The van der Waals surface area contributed by atoms with Crippen molar-refractivity contribution in [3.05, 3.63) is 53.1 Å². The molecule has 2 aromatic rings. The molecule has 4 aliphatic carbocycles. The Hall–Kier alpha value is -1.78. The van der Waals surface area contributed by atoms with Crippen molar-refractivity contribution in [2.45, 2.75) is 70.8 Å². The van der Waals surface area contributed by atoms with Gasteiger partial charge >= 0.3 is 0 Å². The van der Waals surface area contributed by atoms with Crippen molar-refractivity contribution < 1.29 is 9.90 Å². The first kappa shape index (κ1) is 20.8. The van der Waals surface area contributed by atoms with E-state index in [2.05, 4.69) is 49.6 Å². The Balaban J connectivity index is 1.30. The summed E-state index contributed by atoms with van der Waals surface area (Å²) in [7, 11) is 0. The molecule has 4 aliphatic rings. The van der Waals surface area contributed by atoms with Crippen molar-refractivity contribution in [2.75, 3.05) is 0 Å². The Labute approximate surface area is 195 Å². The van der Waals surface area contributed by atoms with Gasteiger partial charge < -0.3 is 5.11 Å². The predicted octanol–water partition coefficient (Wildman–Crippen LogP) is 6.40. The van der Waals surface area contributed by atoms with E-state index in [0.717, 1.165) is 17.8 Å². The molecule has 3 fully saturated rings. The molecule has 0 amide bonds. The fraction of sp³-hybridized carbons (Fsp3) is 0.571. The second-order valence-corrected chi connectivity index (χ2v) is 12.0. The number of benzene rings is 1. The Morgan fingerprint density at radius 1 is 1.06 bits per heavy atom. The number of thiazole rings is 1. The molecule has 168 valence electrons. The first-order chi connectivity index (χ1) is 15.4. The van der Waals surface area contributed by atoms with Crippen LogP contribution in [0, 0.1) is 28.6 Å². The molecule has 7 unspecified atom stereocenters. The third-order valence-corrected chi connectivity index (χ3v) is 10.9. The van der Waals surface area contributed by atoms with E-state index < -0.39 is 6.10 Å². The lowest BCUT2D eigenvalue weighted by Crippen LogP contribution is -2.55. The summed E-state index contributed by atoms with van der Waals surface area (Å²) in [5.41, 5.74) is 3.82.